The van der Waals surface area contributed by atoms with Gasteiger partial charge >= 0.3 is 6.03 Å². The summed E-state index contributed by atoms with van der Waals surface area (Å²) in [5.74, 6) is -0.347. The van der Waals surface area contributed by atoms with Crippen LogP contribution in [0.15, 0.2) is 15.9 Å². The predicted molar refractivity (Wildman–Crippen MR) is 70.9 cm³/mol. The molecule has 0 fully saturated rings. The van der Waals surface area contributed by atoms with Crippen molar-refractivity contribution >= 4 is 39.2 Å². The van der Waals surface area contributed by atoms with Gasteiger partial charge < -0.3 is 10.6 Å². The van der Waals surface area contributed by atoms with Gasteiger partial charge in [-0.15, -0.1) is 11.3 Å². The molecule has 0 spiro atoms. The van der Waals surface area contributed by atoms with E-state index < -0.39 is 12.1 Å². The largest absolute Gasteiger partial charge is 0.341 e. The van der Waals surface area contributed by atoms with Crippen LogP contribution in [0.3, 0.4) is 0 Å². The third-order valence-corrected chi connectivity index (χ3v) is 3.76. The van der Waals surface area contributed by atoms with Crippen LogP contribution in [-0.2, 0) is 11.3 Å². The van der Waals surface area contributed by atoms with E-state index in [0.29, 0.717) is 6.54 Å². The summed E-state index contributed by atoms with van der Waals surface area (Å²) in [6.45, 7) is 2.31. The highest BCUT2D eigenvalue weighted by molar-refractivity contribution is 9.10. The molecular formula is C10H14BrN3O2S. The van der Waals surface area contributed by atoms with E-state index >= 15 is 0 Å². The van der Waals surface area contributed by atoms with Gasteiger partial charge in [0.1, 0.15) is 0 Å². The van der Waals surface area contributed by atoms with Crippen molar-refractivity contribution in [2.45, 2.75) is 19.5 Å². The first-order valence-corrected chi connectivity index (χ1v) is 6.69. The van der Waals surface area contributed by atoms with Gasteiger partial charge in [0.25, 0.3) is 0 Å². The molecule has 0 aliphatic rings. The molecule has 1 aromatic rings. The van der Waals surface area contributed by atoms with E-state index in [4.69, 9.17) is 0 Å². The zero-order valence-electron chi connectivity index (χ0n) is 9.54. The molecule has 3 amide bonds. The summed E-state index contributed by atoms with van der Waals surface area (Å²) < 4.78 is 1.03. The zero-order chi connectivity index (χ0) is 12.8. The number of amides is 3. The number of urea groups is 1. The first kappa shape index (κ1) is 14.1. The van der Waals surface area contributed by atoms with Crippen LogP contribution in [-0.4, -0.2) is 25.0 Å². The van der Waals surface area contributed by atoms with Gasteiger partial charge in [-0.25, -0.2) is 4.79 Å². The number of thiophene rings is 1. The van der Waals surface area contributed by atoms with Gasteiger partial charge in [0.2, 0.25) is 5.91 Å². The van der Waals surface area contributed by atoms with Crippen molar-refractivity contribution < 1.29 is 9.59 Å². The van der Waals surface area contributed by atoms with Crippen molar-refractivity contribution in [1.82, 2.24) is 16.0 Å². The van der Waals surface area contributed by atoms with Crippen LogP contribution in [0.2, 0.25) is 0 Å². The van der Waals surface area contributed by atoms with Crippen molar-refractivity contribution in [3.8, 4) is 0 Å². The van der Waals surface area contributed by atoms with Crippen molar-refractivity contribution in [3.05, 3.63) is 20.8 Å². The van der Waals surface area contributed by atoms with Gasteiger partial charge in [-0.1, -0.05) is 0 Å². The van der Waals surface area contributed by atoms with Crippen molar-refractivity contribution in [1.29, 1.82) is 0 Å². The molecule has 7 heteroatoms. The number of carbonyl (C=O) groups is 2. The maximum atomic E-state index is 11.5. The second kappa shape index (κ2) is 6.73. The Hall–Kier alpha value is -0.920. The average Bonchev–Trinajstić information content (AvgIpc) is 2.71. The van der Waals surface area contributed by atoms with E-state index in [0.717, 1.165) is 9.35 Å². The Morgan fingerprint density at radius 2 is 2.24 bits per heavy atom. The average molecular weight is 320 g/mol. The summed E-state index contributed by atoms with van der Waals surface area (Å²) in [6.07, 6.45) is 0. The molecule has 1 heterocycles. The van der Waals surface area contributed by atoms with Crippen LogP contribution in [0.25, 0.3) is 0 Å². The van der Waals surface area contributed by atoms with Crippen LogP contribution in [0.1, 0.15) is 11.8 Å². The smallest absolute Gasteiger partial charge is 0.321 e. The molecule has 0 radical (unpaired) electrons. The SMILES string of the molecule is CNC(=O)NC(=O)C(C)NCc1cc(Br)cs1. The fourth-order valence-corrected chi connectivity index (χ4v) is 2.48. The fourth-order valence-electron chi connectivity index (χ4n) is 1.08. The van der Waals surface area contributed by atoms with E-state index in [1.54, 1.807) is 18.3 Å². The minimum absolute atomic E-state index is 0.347. The lowest BCUT2D eigenvalue weighted by molar-refractivity contribution is -0.121. The normalized spacial score (nSPS) is 11.9. The summed E-state index contributed by atoms with van der Waals surface area (Å²) in [5, 5.41) is 9.56. The second-order valence-corrected chi connectivity index (χ2v) is 5.31. The topological polar surface area (TPSA) is 70.2 Å². The van der Waals surface area contributed by atoms with Crippen molar-refractivity contribution in [3.63, 3.8) is 0 Å². The Balaban J connectivity index is 2.36. The molecule has 94 valence electrons. The minimum atomic E-state index is -0.498. The minimum Gasteiger partial charge on any atom is -0.341 e. The number of carbonyl (C=O) groups excluding carboxylic acids is 2. The number of halogens is 1. The van der Waals surface area contributed by atoms with Crippen LogP contribution < -0.4 is 16.0 Å². The van der Waals surface area contributed by atoms with E-state index in [2.05, 4.69) is 31.9 Å². The lowest BCUT2D eigenvalue weighted by Gasteiger charge is -2.12. The Kier molecular flexibility index (Phi) is 5.60. The molecule has 1 aromatic heterocycles. The van der Waals surface area contributed by atoms with Crippen LogP contribution in [0, 0.1) is 0 Å². The highest BCUT2D eigenvalue weighted by Gasteiger charge is 2.14. The number of nitrogens with one attached hydrogen (secondary N) is 3. The van der Waals surface area contributed by atoms with Gasteiger partial charge in [0, 0.05) is 28.3 Å². The summed E-state index contributed by atoms with van der Waals surface area (Å²) in [7, 11) is 1.46. The Labute approximate surface area is 112 Å². The first-order valence-electron chi connectivity index (χ1n) is 5.01. The second-order valence-electron chi connectivity index (χ2n) is 3.40. The molecule has 1 unspecified atom stereocenters. The Morgan fingerprint density at radius 1 is 1.53 bits per heavy atom. The van der Waals surface area contributed by atoms with Crippen molar-refractivity contribution in [2.24, 2.45) is 0 Å². The number of hydrogen-bond donors (Lipinski definition) is 3. The standard InChI is InChI=1S/C10H14BrN3O2S/c1-6(9(15)14-10(16)12-2)13-4-8-3-7(11)5-17-8/h3,5-6,13H,4H2,1-2H3,(H2,12,14,15,16). The monoisotopic (exact) mass is 319 g/mol. The quantitative estimate of drug-likeness (QED) is 0.786. The van der Waals surface area contributed by atoms with Crippen LogP contribution >= 0.6 is 27.3 Å². The Morgan fingerprint density at radius 3 is 2.76 bits per heavy atom. The van der Waals surface area contributed by atoms with Crippen molar-refractivity contribution in [2.75, 3.05) is 7.05 Å². The molecule has 0 saturated heterocycles. The van der Waals surface area contributed by atoms with Gasteiger partial charge in [-0.3, -0.25) is 10.1 Å². The fraction of sp³-hybridized carbons (Fsp3) is 0.400. The molecule has 5 nitrogen and oxygen atoms in total. The lowest BCUT2D eigenvalue weighted by Crippen LogP contribution is -2.47. The maximum absolute atomic E-state index is 11.5. The maximum Gasteiger partial charge on any atom is 0.321 e. The third kappa shape index (κ3) is 4.84. The van der Waals surface area contributed by atoms with Gasteiger partial charge in [0.15, 0.2) is 0 Å². The Bertz CT molecular complexity index is 408. The van der Waals surface area contributed by atoms with Gasteiger partial charge in [0.05, 0.1) is 6.04 Å². The van der Waals surface area contributed by atoms with E-state index in [-0.39, 0.29) is 5.91 Å². The van der Waals surface area contributed by atoms with Crippen LogP contribution in [0.4, 0.5) is 4.79 Å². The van der Waals surface area contributed by atoms with Gasteiger partial charge in [-0.2, -0.15) is 0 Å². The summed E-state index contributed by atoms with van der Waals surface area (Å²) in [6, 6.07) is 1.07. The number of rotatable bonds is 4. The highest BCUT2D eigenvalue weighted by atomic mass is 79.9. The highest BCUT2D eigenvalue weighted by Crippen LogP contribution is 2.19. The zero-order valence-corrected chi connectivity index (χ0v) is 11.9. The molecule has 3 N–H and O–H groups in total. The summed E-state index contributed by atoms with van der Waals surface area (Å²) >= 11 is 4.96. The molecule has 0 saturated carbocycles. The summed E-state index contributed by atoms with van der Waals surface area (Å²) in [5.41, 5.74) is 0. The number of imide groups is 1. The third-order valence-electron chi connectivity index (χ3n) is 2.06. The lowest BCUT2D eigenvalue weighted by atomic mass is 10.3. The molecule has 1 atom stereocenters. The molecule has 0 bridgehead atoms. The molecule has 1 rings (SSSR count). The van der Waals surface area contributed by atoms with E-state index in [1.165, 1.54) is 7.05 Å². The summed E-state index contributed by atoms with van der Waals surface area (Å²) in [4.78, 5) is 23.5. The number of hydrogen-bond acceptors (Lipinski definition) is 4. The van der Waals surface area contributed by atoms with Crippen LogP contribution in [0.5, 0.6) is 0 Å². The molecular weight excluding hydrogens is 306 g/mol. The van der Waals surface area contributed by atoms with E-state index in [1.807, 2.05) is 11.4 Å². The molecule has 0 aliphatic heterocycles. The van der Waals surface area contributed by atoms with E-state index in [9.17, 15) is 9.59 Å². The molecule has 0 aromatic carbocycles. The predicted octanol–water partition coefficient (Wildman–Crippen LogP) is 1.44. The first-order chi connectivity index (χ1) is 8.02. The molecule has 17 heavy (non-hydrogen) atoms. The van der Waals surface area contributed by atoms with Gasteiger partial charge in [-0.05, 0) is 28.9 Å². The molecule has 0 aliphatic carbocycles.